The minimum absolute atomic E-state index is 0.0662. The lowest BCUT2D eigenvalue weighted by molar-refractivity contribution is 0.0772. The number of nitrogens with one attached hydrogen (secondary N) is 2. The molecule has 0 bridgehead atoms. The normalized spacial score (nSPS) is 10.3. The van der Waals surface area contributed by atoms with Crippen molar-refractivity contribution in [3.8, 4) is 0 Å². The Hall–Kier alpha value is -2.41. The standard InChI is InChI=1S/C14H16ClN5O2/c1-3-20(4-2)14(22)9-5-6-10(15)11(7-9)18-13(21)12-16-8-17-19-12/h5-8H,3-4H2,1-2H3,(H,18,21)(H,16,17,19). The van der Waals surface area contributed by atoms with E-state index in [-0.39, 0.29) is 11.7 Å². The monoisotopic (exact) mass is 321 g/mol. The number of benzene rings is 1. The number of halogens is 1. The Morgan fingerprint density at radius 3 is 2.64 bits per heavy atom. The van der Waals surface area contributed by atoms with Crippen LogP contribution in [0.25, 0.3) is 0 Å². The maximum absolute atomic E-state index is 12.3. The molecule has 0 aliphatic carbocycles. The molecule has 0 aliphatic heterocycles. The molecule has 0 spiro atoms. The fourth-order valence-electron chi connectivity index (χ4n) is 1.94. The molecule has 0 saturated heterocycles. The molecule has 2 N–H and O–H groups in total. The van der Waals surface area contributed by atoms with Crippen LogP contribution in [0.4, 0.5) is 5.69 Å². The summed E-state index contributed by atoms with van der Waals surface area (Å²) in [4.78, 5) is 29.7. The van der Waals surface area contributed by atoms with Crippen molar-refractivity contribution in [1.29, 1.82) is 0 Å². The number of hydrogen-bond donors (Lipinski definition) is 2. The number of H-pyrrole nitrogens is 1. The molecule has 2 aromatic rings. The number of anilines is 1. The van der Waals surface area contributed by atoms with Crippen LogP contribution < -0.4 is 5.32 Å². The van der Waals surface area contributed by atoms with E-state index < -0.39 is 5.91 Å². The zero-order chi connectivity index (χ0) is 16.1. The number of aromatic nitrogens is 3. The van der Waals surface area contributed by atoms with Crippen LogP contribution in [0.15, 0.2) is 24.5 Å². The molecule has 0 saturated carbocycles. The molecule has 116 valence electrons. The molecule has 1 heterocycles. The van der Waals surface area contributed by atoms with Crippen LogP contribution in [0.1, 0.15) is 34.8 Å². The first-order valence-electron chi connectivity index (χ1n) is 6.82. The van der Waals surface area contributed by atoms with Crippen LogP contribution in [0, 0.1) is 0 Å². The number of aromatic amines is 1. The number of carbonyl (C=O) groups is 2. The summed E-state index contributed by atoms with van der Waals surface area (Å²) in [6.45, 7) is 5.03. The molecule has 8 heteroatoms. The van der Waals surface area contributed by atoms with Gasteiger partial charge in [-0.1, -0.05) is 11.6 Å². The molecule has 2 amide bonds. The van der Waals surface area contributed by atoms with Crippen LogP contribution in [0.5, 0.6) is 0 Å². The largest absolute Gasteiger partial charge is 0.339 e. The molecule has 22 heavy (non-hydrogen) atoms. The van der Waals surface area contributed by atoms with Crippen molar-refractivity contribution >= 4 is 29.1 Å². The van der Waals surface area contributed by atoms with Gasteiger partial charge in [-0.25, -0.2) is 4.98 Å². The summed E-state index contributed by atoms with van der Waals surface area (Å²) in [5.41, 5.74) is 0.807. The predicted octanol–water partition coefficient (Wildman–Crippen LogP) is 2.19. The maximum atomic E-state index is 12.3. The number of hydrogen-bond acceptors (Lipinski definition) is 4. The van der Waals surface area contributed by atoms with Gasteiger partial charge in [-0.2, -0.15) is 5.10 Å². The van der Waals surface area contributed by atoms with Gasteiger partial charge in [-0.3, -0.25) is 14.7 Å². The molecule has 0 radical (unpaired) electrons. The van der Waals surface area contributed by atoms with E-state index in [0.717, 1.165) is 0 Å². The highest BCUT2D eigenvalue weighted by Crippen LogP contribution is 2.24. The van der Waals surface area contributed by atoms with Gasteiger partial charge in [0.1, 0.15) is 6.33 Å². The topological polar surface area (TPSA) is 91.0 Å². The lowest BCUT2D eigenvalue weighted by Crippen LogP contribution is -2.30. The lowest BCUT2D eigenvalue weighted by Gasteiger charge is -2.19. The van der Waals surface area contributed by atoms with Crippen molar-refractivity contribution in [2.24, 2.45) is 0 Å². The fourth-order valence-corrected chi connectivity index (χ4v) is 2.11. The van der Waals surface area contributed by atoms with Crippen molar-refractivity contribution in [2.75, 3.05) is 18.4 Å². The number of amides is 2. The highest BCUT2D eigenvalue weighted by Gasteiger charge is 2.16. The Balaban J connectivity index is 2.23. The number of carbonyl (C=O) groups excluding carboxylic acids is 2. The molecule has 0 atom stereocenters. The molecule has 0 unspecified atom stereocenters. The van der Waals surface area contributed by atoms with E-state index in [9.17, 15) is 9.59 Å². The van der Waals surface area contributed by atoms with Gasteiger partial charge in [0.05, 0.1) is 10.7 Å². The molecular formula is C14H16ClN5O2. The van der Waals surface area contributed by atoms with Crippen LogP contribution in [0.2, 0.25) is 5.02 Å². The van der Waals surface area contributed by atoms with Gasteiger partial charge in [0.2, 0.25) is 5.82 Å². The summed E-state index contributed by atoms with van der Waals surface area (Å²) in [5, 5.41) is 9.01. The third kappa shape index (κ3) is 3.43. The number of rotatable bonds is 5. The van der Waals surface area contributed by atoms with Crippen molar-refractivity contribution < 1.29 is 9.59 Å². The smallest absolute Gasteiger partial charge is 0.293 e. The van der Waals surface area contributed by atoms with Crippen LogP contribution >= 0.6 is 11.6 Å². The summed E-state index contributed by atoms with van der Waals surface area (Å²) in [6, 6.07) is 4.76. The average Bonchev–Trinajstić information content (AvgIpc) is 3.05. The summed E-state index contributed by atoms with van der Waals surface area (Å²) in [5.74, 6) is -0.528. The van der Waals surface area contributed by atoms with Crippen LogP contribution in [-0.2, 0) is 0 Å². The van der Waals surface area contributed by atoms with Gasteiger partial charge in [0, 0.05) is 18.7 Å². The van der Waals surface area contributed by atoms with Gasteiger partial charge < -0.3 is 10.2 Å². The lowest BCUT2D eigenvalue weighted by atomic mass is 10.1. The van der Waals surface area contributed by atoms with E-state index in [4.69, 9.17) is 11.6 Å². The van der Waals surface area contributed by atoms with E-state index >= 15 is 0 Å². The van der Waals surface area contributed by atoms with E-state index in [1.165, 1.54) is 6.33 Å². The summed E-state index contributed by atoms with van der Waals surface area (Å²) in [6.07, 6.45) is 1.23. The highest BCUT2D eigenvalue weighted by atomic mass is 35.5. The van der Waals surface area contributed by atoms with Gasteiger partial charge in [-0.05, 0) is 32.0 Å². The van der Waals surface area contributed by atoms with E-state index in [2.05, 4.69) is 20.5 Å². The molecule has 1 aromatic carbocycles. The second-order valence-electron chi connectivity index (χ2n) is 4.46. The molecule has 7 nitrogen and oxygen atoms in total. The van der Waals surface area contributed by atoms with Gasteiger partial charge >= 0.3 is 0 Å². The summed E-state index contributed by atoms with van der Waals surface area (Å²) in [7, 11) is 0. The Labute approximate surface area is 132 Å². The molecular weight excluding hydrogens is 306 g/mol. The minimum atomic E-state index is -0.480. The first-order valence-corrected chi connectivity index (χ1v) is 7.20. The Morgan fingerprint density at radius 2 is 2.05 bits per heavy atom. The van der Waals surface area contributed by atoms with Crippen molar-refractivity contribution in [3.63, 3.8) is 0 Å². The third-order valence-corrected chi connectivity index (χ3v) is 3.47. The van der Waals surface area contributed by atoms with E-state index in [1.807, 2.05) is 13.8 Å². The first kappa shape index (κ1) is 16.0. The number of nitrogens with zero attached hydrogens (tertiary/aromatic N) is 3. The summed E-state index contributed by atoms with van der Waals surface area (Å²) >= 11 is 6.07. The fraction of sp³-hybridized carbons (Fsp3) is 0.286. The second kappa shape index (κ2) is 7.04. The van der Waals surface area contributed by atoms with E-state index in [0.29, 0.717) is 29.4 Å². The molecule has 1 aromatic heterocycles. The van der Waals surface area contributed by atoms with Crippen molar-refractivity contribution in [3.05, 3.63) is 40.9 Å². The molecule has 0 fully saturated rings. The van der Waals surface area contributed by atoms with Gasteiger partial charge in [0.25, 0.3) is 11.8 Å². The van der Waals surface area contributed by atoms with Crippen LogP contribution in [0.3, 0.4) is 0 Å². The van der Waals surface area contributed by atoms with Gasteiger partial charge in [-0.15, -0.1) is 0 Å². The minimum Gasteiger partial charge on any atom is -0.339 e. The molecule has 0 aliphatic rings. The van der Waals surface area contributed by atoms with Crippen LogP contribution in [-0.4, -0.2) is 45.0 Å². The third-order valence-electron chi connectivity index (χ3n) is 3.14. The first-order chi connectivity index (χ1) is 10.6. The van der Waals surface area contributed by atoms with E-state index in [1.54, 1.807) is 23.1 Å². The average molecular weight is 322 g/mol. The second-order valence-corrected chi connectivity index (χ2v) is 4.87. The Kier molecular flexibility index (Phi) is 5.11. The Bertz CT molecular complexity index is 668. The predicted molar refractivity (Wildman–Crippen MR) is 83.0 cm³/mol. The highest BCUT2D eigenvalue weighted by molar-refractivity contribution is 6.34. The zero-order valence-corrected chi connectivity index (χ0v) is 13.0. The SMILES string of the molecule is CCN(CC)C(=O)c1ccc(Cl)c(NC(=O)c2ncn[nH]2)c1. The zero-order valence-electron chi connectivity index (χ0n) is 12.3. The van der Waals surface area contributed by atoms with Crippen molar-refractivity contribution in [2.45, 2.75) is 13.8 Å². The molecule has 2 rings (SSSR count). The summed E-state index contributed by atoms with van der Waals surface area (Å²) < 4.78 is 0. The maximum Gasteiger partial charge on any atom is 0.293 e. The van der Waals surface area contributed by atoms with Gasteiger partial charge in [0.15, 0.2) is 0 Å². The quantitative estimate of drug-likeness (QED) is 0.883. The Morgan fingerprint density at radius 1 is 1.32 bits per heavy atom. The van der Waals surface area contributed by atoms with Crippen molar-refractivity contribution in [1.82, 2.24) is 20.1 Å².